The van der Waals surface area contributed by atoms with E-state index in [1.807, 2.05) is 4.57 Å². The first-order valence-corrected chi connectivity index (χ1v) is 8.24. The van der Waals surface area contributed by atoms with E-state index in [-0.39, 0.29) is 30.2 Å². The summed E-state index contributed by atoms with van der Waals surface area (Å²) in [6.07, 6.45) is -2.91. The molecule has 1 fully saturated rings. The average Bonchev–Trinajstić information content (AvgIpc) is 2.88. The fourth-order valence-corrected chi connectivity index (χ4v) is 3.48. The summed E-state index contributed by atoms with van der Waals surface area (Å²) in [5.74, 6) is 0.571. The summed E-state index contributed by atoms with van der Waals surface area (Å²) in [5.41, 5.74) is 0.353. The number of amides is 1. The van der Waals surface area contributed by atoms with Crippen LogP contribution in [0.2, 0.25) is 0 Å². The number of rotatable bonds is 2. The second-order valence-corrected chi connectivity index (χ2v) is 6.24. The topological polar surface area (TPSA) is 38.1 Å². The van der Waals surface area contributed by atoms with Crippen molar-refractivity contribution in [2.75, 3.05) is 19.0 Å². The van der Waals surface area contributed by atoms with Crippen LogP contribution in [0.3, 0.4) is 0 Å². The molecule has 0 aliphatic carbocycles. The van der Waals surface area contributed by atoms with Gasteiger partial charge in [0.2, 0.25) is 5.91 Å². The van der Waals surface area contributed by atoms with Crippen molar-refractivity contribution in [2.24, 2.45) is 0 Å². The zero-order chi connectivity index (χ0) is 17.5. The molecule has 0 spiro atoms. The summed E-state index contributed by atoms with van der Waals surface area (Å²) in [4.78, 5) is 17.7. The fraction of sp³-hybridized carbons (Fsp3) is 0.500. The number of aryl methyl sites for hydroxylation is 1. The number of carbonyl (C=O) groups is 1. The summed E-state index contributed by atoms with van der Waals surface area (Å²) < 4.78 is 40.5. The maximum atomic E-state index is 12.8. The minimum atomic E-state index is -4.38. The van der Waals surface area contributed by atoms with E-state index in [4.69, 9.17) is 11.6 Å². The Balaban J connectivity index is 0.00000225. The van der Waals surface area contributed by atoms with Crippen molar-refractivity contribution in [3.8, 4) is 0 Å². The van der Waals surface area contributed by atoms with Crippen molar-refractivity contribution in [1.29, 1.82) is 0 Å². The summed E-state index contributed by atoms with van der Waals surface area (Å²) in [7, 11) is 0. The number of aromatic nitrogens is 2. The molecular weight excluding hydrogens is 378 g/mol. The summed E-state index contributed by atoms with van der Waals surface area (Å²) in [6, 6.07) is 3.78. The largest absolute Gasteiger partial charge is 0.416 e. The smallest absolute Gasteiger partial charge is 0.342 e. The van der Waals surface area contributed by atoms with E-state index in [9.17, 15) is 18.0 Å². The Bertz CT molecular complexity index is 768. The lowest BCUT2D eigenvalue weighted by Gasteiger charge is -2.33. The van der Waals surface area contributed by atoms with Gasteiger partial charge < -0.3 is 9.47 Å². The Labute approximate surface area is 154 Å². The van der Waals surface area contributed by atoms with E-state index in [0.717, 1.165) is 25.0 Å². The molecule has 0 saturated carbocycles. The van der Waals surface area contributed by atoms with Gasteiger partial charge in [0.25, 0.3) is 0 Å². The highest BCUT2D eigenvalue weighted by Crippen LogP contribution is 2.34. The molecule has 1 saturated heterocycles. The van der Waals surface area contributed by atoms with Gasteiger partial charge in [0.15, 0.2) is 0 Å². The molecule has 4 nitrogen and oxygen atoms in total. The molecule has 25 heavy (non-hydrogen) atoms. The predicted octanol–water partition coefficient (Wildman–Crippen LogP) is 4.19. The maximum absolute atomic E-state index is 12.8. The van der Waals surface area contributed by atoms with Gasteiger partial charge in [-0.1, -0.05) is 0 Å². The van der Waals surface area contributed by atoms with Crippen molar-refractivity contribution < 1.29 is 18.0 Å². The van der Waals surface area contributed by atoms with E-state index in [1.54, 1.807) is 11.8 Å². The van der Waals surface area contributed by atoms with Crippen LogP contribution in [0.4, 0.5) is 13.2 Å². The minimum absolute atomic E-state index is 0. The molecule has 0 radical (unpaired) electrons. The van der Waals surface area contributed by atoms with Gasteiger partial charge in [-0.15, -0.1) is 24.0 Å². The average molecular weight is 396 g/mol. The second-order valence-electron chi connectivity index (χ2n) is 5.98. The van der Waals surface area contributed by atoms with E-state index in [2.05, 4.69) is 4.98 Å². The van der Waals surface area contributed by atoms with Gasteiger partial charge in [-0.2, -0.15) is 13.2 Å². The lowest BCUT2D eigenvalue weighted by molar-refractivity contribution is -0.137. The van der Waals surface area contributed by atoms with Crippen molar-refractivity contribution in [2.45, 2.75) is 32.0 Å². The molecule has 9 heteroatoms. The van der Waals surface area contributed by atoms with E-state index in [1.165, 1.54) is 6.07 Å². The molecule has 1 aromatic carbocycles. The SMILES string of the molecule is Cc1nc2cc(C(F)(F)F)ccc2n1C1CCN(C(=O)CCl)CC1.Cl. The van der Waals surface area contributed by atoms with Crippen LogP contribution < -0.4 is 0 Å². The Kier molecular flexibility index (Phi) is 5.89. The molecule has 2 heterocycles. The van der Waals surface area contributed by atoms with E-state index in [0.29, 0.717) is 29.9 Å². The molecule has 1 amide bonds. The number of likely N-dealkylation sites (tertiary alicyclic amines) is 1. The highest BCUT2D eigenvalue weighted by Gasteiger charge is 2.31. The number of hydrogen-bond donors (Lipinski definition) is 0. The van der Waals surface area contributed by atoms with Crippen LogP contribution in [0.15, 0.2) is 18.2 Å². The van der Waals surface area contributed by atoms with Crippen LogP contribution >= 0.6 is 24.0 Å². The third-order valence-corrected chi connectivity index (χ3v) is 4.72. The molecule has 0 N–H and O–H groups in total. The highest BCUT2D eigenvalue weighted by atomic mass is 35.5. The highest BCUT2D eigenvalue weighted by molar-refractivity contribution is 6.27. The number of fused-ring (bicyclic) bond motifs is 1. The lowest BCUT2D eigenvalue weighted by Crippen LogP contribution is -2.39. The van der Waals surface area contributed by atoms with Crippen LogP contribution in [0, 0.1) is 6.92 Å². The number of piperidine rings is 1. The first-order valence-electron chi connectivity index (χ1n) is 7.71. The number of alkyl halides is 4. The van der Waals surface area contributed by atoms with Gasteiger partial charge in [0, 0.05) is 19.1 Å². The number of halogens is 5. The van der Waals surface area contributed by atoms with Crippen LogP contribution in [-0.2, 0) is 11.0 Å². The summed E-state index contributed by atoms with van der Waals surface area (Å²) in [5, 5.41) is 0. The van der Waals surface area contributed by atoms with Gasteiger partial charge in [-0.3, -0.25) is 4.79 Å². The van der Waals surface area contributed by atoms with Crippen LogP contribution in [0.5, 0.6) is 0 Å². The zero-order valence-corrected chi connectivity index (χ0v) is 15.1. The molecule has 0 bridgehead atoms. The van der Waals surface area contributed by atoms with Crippen molar-refractivity contribution in [3.05, 3.63) is 29.6 Å². The quantitative estimate of drug-likeness (QED) is 0.715. The normalized spacial score (nSPS) is 16.1. The van der Waals surface area contributed by atoms with E-state index >= 15 is 0 Å². The summed E-state index contributed by atoms with van der Waals surface area (Å²) in [6.45, 7) is 2.98. The third-order valence-electron chi connectivity index (χ3n) is 4.49. The molecule has 1 aliphatic rings. The molecule has 3 rings (SSSR count). The fourth-order valence-electron chi connectivity index (χ4n) is 3.31. The molecule has 2 aromatic rings. The monoisotopic (exact) mass is 395 g/mol. The summed E-state index contributed by atoms with van der Waals surface area (Å²) >= 11 is 5.58. The lowest BCUT2D eigenvalue weighted by atomic mass is 10.0. The van der Waals surface area contributed by atoms with Crippen LogP contribution in [0.1, 0.15) is 30.3 Å². The van der Waals surface area contributed by atoms with Gasteiger partial charge in [-0.25, -0.2) is 4.98 Å². The van der Waals surface area contributed by atoms with Gasteiger partial charge >= 0.3 is 6.18 Å². The molecule has 1 aliphatic heterocycles. The van der Waals surface area contributed by atoms with Gasteiger partial charge in [-0.05, 0) is 38.0 Å². The molecule has 1 aromatic heterocycles. The molecule has 0 atom stereocenters. The number of nitrogens with zero attached hydrogens (tertiary/aromatic N) is 3. The first-order chi connectivity index (χ1) is 11.3. The molecular formula is C16H18Cl2F3N3O. The van der Waals surface area contributed by atoms with Crippen LogP contribution in [-0.4, -0.2) is 39.3 Å². The minimum Gasteiger partial charge on any atom is -0.342 e. The Morgan fingerprint density at radius 3 is 2.52 bits per heavy atom. The van der Waals surface area contributed by atoms with Crippen molar-refractivity contribution in [1.82, 2.24) is 14.5 Å². The van der Waals surface area contributed by atoms with Gasteiger partial charge in [0.05, 0.1) is 16.6 Å². The third kappa shape index (κ3) is 3.87. The Hall–Kier alpha value is -1.47. The maximum Gasteiger partial charge on any atom is 0.416 e. The number of carbonyl (C=O) groups excluding carboxylic acids is 1. The van der Waals surface area contributed by atoms with Crippen molar-refractivity contribution >= 4 is 40.9 Å². The van der Waals surface area contributed by atoms with Gasteiger partial charge in [0.1, 0.15) is 11.7 Å². The first kappa shape index (κ1) is 19.8. The second kappa shape index (κ2) is 7.41. The van der Waals surface area contributed by atoms with Crippen molar-refractivity contribution in [3.63, 3.8) is 0 Å². The standard InChI is InChI=1S/C16H17ClF3N3O.ClH/c1-10-21-13-8-11(16(18,19)20)2-3-14(13)23(10)12-4-6-22(7-5-12)15(24)9-17;/h2-3,8,12H,4-7,9H2,1H3;1H. The van der Waals surface area contributed by atoms with Crippen LogP contribution in [0.25, 0.3) is 11.0 Å². The number of imidazole rings is 1. The Morgan fingerprint density at radius 2 is 1.96 bits per heavy atom. The number of benzene rings is 1. The zero-order valence-electron chi connectivity index (χ0n) is 13.5. The van der Waals surface area contributed by atoms with E-state index < -0.39 is 11.7 Å². The molecule has 138 valence electrons. The molecule has 0 unspecified atom stereocenters. The predicted molar refractivity (Wildman–Crippen MR) is 92.3 cm³/mol. The number of hydrogen-bond acceptors (Lipinski definition) is 2. The Morgan fingerprint density at radius 1 is 1.32 bits per heavy atom.